The molecule has 15 heavy (non-hydrogen) atoms. The molecule has 0 radical (unpaired) electrons. The van der Waals surface area contributed by atoms with Crippen molar-refractivity contribution in [3.8, 4) is 0 Å². The van der Waals surface area contributed by atoms with Gasteiger partial charge in [0.15, 0.2) is 12.2 Å². The predicted molar refractivity (Wildman–Crippen MR) is 46.4 cm³/mol. The second-order valence-corrected chi connectivity index (χ2v) is 3.13. The summed E-state index contributed by atoms with van der Waals surface area (Å²) >= 11 is 0.910. The fourth-order valence-electron chi connectivity index (χ4n) is 0.778. The smallest absolute Gasteiger partial charge is 0.372 e. The third-order valence-electron chi connectivity index (χ3n) is 1.55. The van der Waals surface area contributed by atoms with Crippen LogP contribution in [0.4, 0.5) is 26.3 Å². The van der Waals surface area contributed by atoms with Gasteiger partial charge in [0, 0.05) is 13.5 Å². The van der Waals surface area contributed by atoms with Gasteiger partial charge in [0.2, 0.25) is 0 Å². The Kier molecular flexibility index (Phi) is 5.61. The van der Waals surface area contributed by atoms with Gasteiger partial charge in [-0.3, -0.25) is 0 Å². The molecule has 2 atom stereocenters. The van der Waals surface area contributed by atoms with Gasteiger partial charge in [0.05, 0.1) is 0 Å². The molecule has 0 rings (SSSR count). The molecule has 0 N–H and O–H groups in total. The molecular weight excluding hydrogens is 345 g/mol. The lowest BCUT2D eigenvalue weighted by atomic mass is 10.1. The standard InChI is InChI=1S/C6H7F6IO2/c1-14-3(5(7,8)9)2-4(15-13)6(10,11)12/h3-4H,2H2,1H3. The van der Waals surface area contributed by atoms with Crippen LogP contribution >= 0.6 is 23.0 Å². The van der Waals surface area contributed by atoms with E-state index >= 15 is 0 Å². The molecule has 0 aliphatic carbocycles. The third-order valence-corrected chi connectivity index (χ3v) is 2.16. The largest absolute Gasteiger partial charge is 0.415 e. The molecule has 0 aliphatic heterocycles. The fourth-order valence-corrected chi connectivity index (χ4v) is 1.27. The molecule has 0 aromatic heterocycles. The van der Waals surface area contributed by atoms with E-state index in [9.17, 15) is 26.3 Å². The summed E-state index contributed by atoms with van der Waals surface area (Å²) in [5.74, 6) is 0. The zero-order valence-electron chi connectivity index (χ0n) is 7.32. The number of halogens is 7. The lowest BCUT2D eigenvalue weighted by molar-refractivity contribution is -0.241. The van der Waals surface area contributed by atoms with Crippen LogP contribution in [0.25, 0.3) is 0 Å². The SMILES string of the molecule is COC(CC(OI)C(F)(F)F)C(F)(F)F. The zero-order valence-corrected chi connectivity index (χ0v) is 9.48. The van der Waals surface area contributed by atoms with Crippen molar-refractivity contribution in [2.24, 2.45) is 0 Å². The van der Waals surface area contributed by atoms with Crippen molar-refractivity contribution >= 4 is 23.0 Å². The molecule has 92 valence electrons. The molecule has 0 spiro atoms. The van der Waals surface area contributed by atoms with E-state index < -0.39 is 31.0 Å². The van der Waals surface area contributed by atoms with Crippen molar-refractivity contribution in [1.29, 1.82) is 0 Å². The van der Waals surface area contributed by atoms with Gasteiger partial charge in [-0.15, -0.1) is 0 Å². The first-order valence-corrected chi connectivity index (χ1v) is 4.44. The average Bonchev–Trinajstić information content (AvgIpc) is 2.01. The van der Waals surface area contributed by atoms with E-state index in [0.29, 0.717) is 7.11 Å². The molecule has 2 unspecified atom stereocenters. The summed E-state index contributed by atoms with van der Waals surface area (Å²) < 4.78 is 80.2. The second-order valence-electron chi connectivity index (χ2n) is 2.62. The van der Waals surface area contributed by atoms with Gasteiger partial charge in [-0.05, 0) is 0 Å². The molecule has 0 fully saturated rings. The van der Waals surface area contributed by atoms with Crippen molar-refractivity contribution in [3.05, 3.63) is 0 Å². The van der Waals surface area contributed by atoms with Gasteiger partial charge in [-0.25, -0.2) is 0 Å². The summed E-state index contributed by atoms with van der Waals surface area (Å²) in [5.41, 5.74) is 0. The summed E-state index contributed by atoms with van der Waals surface area (Å²) in [6.07, 6.45) is -16.0. The highest BCUT2D eigenvalue weighted by Gasteiger charge is 2.48. The fraction of sp³-hybridized carbons (Fsp3) is 1.00. The maximum absolute atomic E-state index is 12.1. The molecule has 0 aromatic rings. The van der Waals surface area contributed by atoms with Crippen LogP contribution in [-0.2, 0) is 7.80 Å². The van der Waals surface area contributed by atoms with E-state index in [1.807, 2.05) is 0 Å². The van der Waals surface area contributed by atoms with E-state index in [0.717, 1.165) is 23.0 Å². The lowest BCUT2D eigenvalue weighted by Crippen LogP contribution is -2.39. The van der Waals surface area contributed by atoms with Crippen LogP contribution in [0.3, 0.4) is 0 Å². The number of hydrogen-bond donors (Lipinski definition) is 0. The molecule has 2 nitrogen and oxygen atoms in total. The van der Waals surface area contributed by atoms with Gasteiger partial charge in [-0.1, -0.05) is 0 Å². The highest BCUT2D eigenvalue weighted by Crippen LogP contribution is 2.33. The van der Waals surface area contributed by atoms with Crippen LogP contribution in [0, 0.1) is 0 Å². The second kappa shape index (κ2) is 5.53. The normalized spacial score (nSPS) is 17.6. The molecule has 0 saturated carbocycles. The van der Waals surface area contributed by atoms with Crippen LogP contribution in [0.1, 0.15) is 6.42 Å². The zero-order chi connectivity index (χ0) is 12.3. The Morgan fingerprint density at radius 1 is 1.00 bits per heavy atom. The monoisotopic (exact) mass is 352 g/mol. The maximum Gasteiger partial charge on any atom is 0.415 e. The average molecular weight is 352 g/mol. The molecule has 0 amide bonds. The van der Waals surface area contributed by atoms with Gasteiger partial charge in [-0.2, -0.15) is 26.3 Å². The first-order valence-electron chi connectivity index (χ1n) is 3.56. The minimum absolute atomic E-state index is 0.693. The van der Waals surface area contributed by atoms with E-state index in [2.05, 4.69) is 7.80 Å². The molecule has 0 heterocycles. The predicted octanol–water partition coefficient (Wildman–Crippen LogP) is 3.25. The van der Waals surface area contributed by atoms with Crippen molar-refractivity contribution in [3.63, 3.8) is 0 Å². The Hall–Kier alpha value is 0.230. The first-order chi connectivity index (χ1) is 6.62. The first kappa shape index (κ1) is 15.2. The summed E-state index contributed by atoms with van der Waals surface area (Å²) in [6, 6.07) is 0. The van der Waals surface area contributed by atoms with Gasteiger partial charge in [0.25, 0.3) is 0 Å². The van der Waals surface area contributed by atoms with Crippen molar-refractivity contribution in [2.75, 3.05) is 7.11 Å². The Morgan fingerprint density at radius 2 is 1.40 bits per heavy atom. The molecule has 0 aliphatic rings. The summed E-state index contributed by atoms with van der Waals surface area (Å²) in [4.78, 5) is 0. The van der Waals surface area contributed by atoms with Crippen molar-refractivity contribution in [1.82, 2.24) is 0 Å². The molecule has 0 bridgehead atoms. The molecule has 0 saturated heterocycles. The highest BCUT2D eigenvalue weighted by molar-refractivity contribution is 14.1. The Morgan fingerprint density at radius 3 is 1.60 bits per heavy atom. The molecular formula is C6H7F6IO2. The van der Waals surface area contributed by atoms with Crippen LogP contribution in [-0.4, -0.2) is 31.7 Å². The minimum atomic E-state index is -4.84. The van der Waals surface area contributed by atoms with Crippen molar-refractivity contribution in [2.45, 2.75) is 31.0 Å². The Bertz CT molecular complexity index is 171. The number of hydrogen-bond acceptors (Lipinski definition) is 2. The number of alkyl halides is 6. The third kappa shape index (κ3) is 5.20. The lowest BCUT2D eigenvalue weighted by Gasteiger charge is -2.24. The van der Waals surface area contributed by atoms with E-state index in [-0.39, 0.29) is 0 Å². The van der Waals surface area contributed by atoms with E-state index in [4.69, 9.17) is 0 Å². The molecule has 9 heteroatoms. The summed E-state index contributed by atoms with van der Waals surface area (Å²) in [5, 5.41) is 0. The van der Waals surface area contributed by atoms with Crippen LogP contribution in [0.5, 0.6) is 0 Å². The quantitative estimate of drug-likeness (QED) is 0.571. The van der Waals surface area contributed by atoms with Crippen molar-refractivity contribution < 1.29 is 34.1 Å². The van der Waals surface area contributed by atoms with E-state index in [1.54, 1.807) is 0 Å². The summed E-state index contributed by atoms with van der Waals surface area (Å²) in [7, 11) is 0.693. The minimum Gasteiger partial charge on any atom is -0.372 e. The Balaban J connectivity index is 4.52. The number of methoxy groups -OCH3 is 1. The van der Waals surface area contributed by atoms with Crippen LogP contribution in [0.15, 0.2) is 0 Å². The Labute approximate surface area is 95.6 Å². The topological polar surface area (TPSA) is 18.5 Å². The van der Waals surface area contributed by atoms with Gasteiger partial charge >= 0.3 is 12.4 Å². The number of ether oxygens (including phenoxy) is 1. The molecule has 0 aromatic carbocycles. The highest BCUT2D eigenvalue weighted by atomic mass is 127. The van der Waals surface area contributed by atoms with E-state index in [1.165, 1.54) is 0 Å². The summed E-state index contributed by atoms with van der Waals surface area (Å²) in [6.45, 7) is 0. The van der Waals surface area contributed by atoms with Gasteiger partial charge in [0.1, 0.15) is 23.0 Å². The van der Waals surface area contributed by atoms with Gasteiger partial charge < -0.3 is 7.80 Å². The maximum atomic E-state index is 12.1. The van der Waals surface area contributed by atoms with Crippen LogP contribution in [0.2, 0.25) is 0 Å². The number of rotatable bonds is 4. The van der Waals surface area contributed by atoms with Crippen LogP contribution < -0.4 is 0 Å².